The number of halogens is 2. The van der Waals surface area contributed by atoms with Crippen molar-refractivity contribution < 1.29 is 9.18 Å². The average molecular weight is 336 g/mol. The summed E-state index contributed by atoms with van der Waals surface area (Å²) in [7, 11) is 0. The zero-order chi connectivity index (χ0) is 17.2. The number of nitrogens with zero attached hydrogens (tertiary/aromatic N) is 4. The lowest BCUT2D eigenvalue weighted by Crippen LogP contribution is -2.28. The largest absolute Gasteiger partial charge is 0.337 e. The predicted molar refractivity (Wildman–Crippen MR) is 83.0 cm³/mol. The summed E-state index contributed by atoms with van der Waals surface area (Å²) in [5.74, 6) is -0.968. The van der Waals surface area contributed by atoms with Gasteiger partial charge < -0.3 is 5.32 Å². The molecule has 8 heteroatoms. The summed E-state index contributed by atoms with van der Waals surface area (Å²) in [6.45, 7) is 5.54. The topological polar surface area (TPSA) is 83.6 Å². The van der Waals surface area contributed by atoms with E-state index in [1.54, 1.807) is 0 Å². The number of nitriles is 1. The van der Waals surface area contributed by atoms with Crippen molar-refractivity contribution in [2.45, 2.75) is 26.2 Å². The lowest BCUT2D eigenvalue weighted by atomic mass is 9.90. The van der Waals surface area contributed by atoms with E-state index >= 15 is 0 Å². The summed E-state index contributed by atoms with van der Waals surface area (Å²) in [5.41, 5.74) is 0.556. The average Bonchev–Trinajstić information content (AvgIpc) is 2.89. The second-order valence-corrected chi connectivity index (χ2v) is 6.29. The second kappa shape index (κ2) is 6.34. The van der Waals surface area contributed by atoms with Gasteiger partial charge in [0.1, 0.15) is 12.4 Å². The predicted octanol–water partition coefficient (Wildman–Crippen LogP) is 2.61. The van der Waals surface area contributed by atoms with Gasteiger partial charge in [-0.1, -0.05) is 37.6 Å². The molecule has 0 fully saturated rings. The minimum atomic E-state index is -0.499. The van der Waals surface area contributed by atoms with E-state index in [2.05, 4.69) is 15.6 Å². The summed E-state index contributed by atoms with van der Waals surface area (Å²) in [4.78, 5) is 12.2. The third kappa shape index (κ3) is 3.48. The highest BCUT2D eigenvalue weighted by Crippen LogP contribution is 2.30. The highest BCUT2D eigenvalue weighted by molar-refractivity contribution is 6.32. The van der Waals surface area contributed by atoms with Crippen LogP contribution in [-0.4, -0.2) is 27.4 Å². The van der Waals surface area contributed by atoms with Crippen molar-refractivity contribution in [1.29, 1.82) is 5.26 Å². The van der Waals surface area contributed by atoms with Gasteiger partial charge in [-0.2, -0.15) is 5.26 Å². The quantitative estimate of drug-likeness (QED) is 0.874. The van der Waals surface area contributed by atoms with E-state index in [0.717, 1.165) is 0 Å². The van der Waals surface area contributed by atoms with Crippen LogP contribution < -0.4 is 5.32 Å². The van der Waals surface area contributed by atoms with Gasteiger partial charge in [-0.15, -0.1) is 5.10 Å². The lowest BCUT2D eigenvalue weighted by molar-refractivity contribution is 0.0951. The van der Waals surface area contributed by atoms with E-state index in [1.807, 2.05) is 26.8 Å². The maximum Gasteiger partial charge on any atom is 0.274 e. The number of carbonyl (C=O) groups excluding carboxylic acids is 1. The Morgan fingerprint density at radius 3 is 2.74 bits per heavy atom. The molecular weight excluding hydrogens is 321 g/mol. The molecule has 120 valence electrons. The van der Waals surface area contributed by atoms with Crippen molar-refractivity contribution in [2.24, 2.45) is 0 Å². The molecule has 0 saturated heterocycles. The zero-order valence-corrected chi connectivity index (χ0v) is 13.6. The van der Waals surface area contributed by atoms with Gasteiger partial charge >= 0.3 is 0 Å². The molecule has 0 bridgehead atoms. The Morgan fingerprint density at radius 2 is 2.17 bits per heavy atom. The molecule has 2 aromatic rings. The molecule has 1 N–H and O–H groups in total. The molecule has 0 unspecified atom stereocenters. The van der Waals surface area contributed by atoms with Gasteiger partial charge in [0.2, 0.25) is 0 Å². The van der Waals surface area contributed by atoms with Crippen LogP contribution in [0.15, 0.2) is 18.2 Å². The third-order valence-electron chi connectivity index (χ3n) is 3.06. The number of amides is 1. The van der Waals surface area contributed by atoms with Crippen molar-refractivity contribution >= 4 is 17.5 Å². The first kappa shape index (κ1) is 16.9. The first-order valence-corrected chi connectivity index (χ1v) is 7.20. The van der Waals surface area contributed by atoms with Gasteiger partial charge in [-0.25, -0.2) is 9.07 Å². The van der Waals surface area contributed by atoms with E-state index in [-0.39, 0.29) is 17.3 Å². The summed E-state index contributed by atoms with van der Waals surface area (Å²) < 4.78 is 14.7. The lowest BCUT2D eigenvalue weighted by Gasteiger charge is -2.21. The van der Waals surface area contributed by atoms with Gasteiger partial charge in [0, 0.05) is 5.41 Å². The first-order chi connectivity index (χ1) is 10.8. The van der Waals surface area contributed by atoms with E-state index < -0.39 is 17.1 Å². The molecular formula is C15H15ClFN5O. The Hall–Kier alpha value is -2.46. The van der Waals surface area contributed by atoms with E-state index in [0.29, 0.717) is 11.4 Å². The Balaban J connectivity index is 2.60. The van der Waals surface area contributed by atoms with Crippen LogP contribution in [0, 0.1) is 17.1 Å². The Kier molecular flexibility index (Phi) is 4.66. The molecule has 0 radical (unpaired) electrons. The van der Waals surface area contributed by atoms with Gasteiger partial charge in [0.25, 0.3) is 5.91 Å². The van der Waals surface area contributed by atoms with Crippen LogP contribution in [0.5, 0.6) is 0 Å². The number of carbonyl (C=O) groups is 1. The monoisotopic (exact) mass is 335 g/mol. The molecule has 1 aromatic heterocycles. The maximum atomic E-state index is 13.2. The van der Waals surface area contributed by atoms with Crippen LogP contribution in [0.3, 0.4) is 0 Å². The van der Waals surface area contributed by atoms with Gasteiger partial charge in [0.05, 0.1) is 22.5 Å². The summed E-state index contributed by atoms with van der Waals surface area (Å²) in [5, 5.41) is 19.1. The Labute approximate surface area is 137 Å². The van der Waals surface area contributed by atoms with Gasteiger partial charge in [-0.05, 0) is 18.2 Å². The molecule has 1 aromatic carbocycles. The molecule has 23 heavy (non-hydrogen) atoms. The molecule has 2 rings (SSSR count). The van der Waals surface area contributed by atoms with Crippen molar-refractivity contribution in [3.8, 4) is 11.8 Å². The fraction of sp³-hybridized carbons (Fsp3) is 0.333. The SMILES string of the molecule is CC(C)(C)c1c(C(=O)NCC#N)nnn1-c1ccc(F)cc1Cl. The van der Waals surface area contributed by atoms with Crippen molar-refractivity contribution in [3.63, 3.8) is 0 Å². The maximum absolute atomic E-state index is 13.2. The second-order valence-electron chi connectivity index (χ2n) is 5.88. The van der Waals surface area contributed by atoms with Crippen LogP contribution in [0.2, 0.25) is 5.02 Å². The minimum Gasteiger partial charge on any atom is -0.337 e. The molecule has 0 saturated carbocycles. The number of aromatic nitrogens is 3. The first-order valence-electron chi connectivity index (χ1n) is 6.82. The van der Waals surface area contributed by atoms with Crippen molar-refractivity contribution in [2.75, 3.05) is 6.54 Å². The van der Waals surface area contributed by atoms with Gasteiger partial charge in [-0.3, -0.25) is 4.79 Å². The molecule has 6 nitrogen and oxygen atoms in total. The smallest absolute Gasteiger partial charge is 0.274 e. The zero-order valence-electron chi connectivity index (χ0n) is 12.9. The molecule has 0 aliphatic heterocycles. The van der Waals surface area contributed by atoms with E-state index in [9.17, 15) is 9.18 Å². The van der Waals surface area contributed by atoms with Crippen LogP contribution >= 0.6 is 11.6 Å². The van der Waals surface area contributed by atoms with Crippen molar-refractivity contribution in [3.05, 3.63) is 40.4 Å². The third-order valence-corrected chi connectivity index (χ3v) is 3.36. The van der Waals surface area contributed by atoms with Crippen LogP contribution in [0.1, 0.15) is 37.0 Å². The highest BCUT2D eigenvalue weighted by atomic mass is 35.5. The number of rotatable bonds is 3. The molecule has 0 aliphatic rings. The molecule has 0 atom stereocenters. The fourth-order valence-electron chi connectivity index (χ4n) is 2.13. The number of hydrogen-bond donors (Lipinski definition) is 1. The van der Waals surface area contributed by atoms with Gasteiger partial charge in [0.15, 0.2) is 5.69 Å². The van der Waals surface area contributed by atoms with Crippen LogP contribution in [0.4, 0.5) is 4.39 Å². The van der Waals surface area contributed by atoms with E-state index in [4.69, 9.17) is 16.9 Å². The molecule has 0 aliphatic carbocycles. The molecule has 1 heterocycles. The van der Waals surface area contributed by atoms with Crippen LogP contribution in [-0.2, 0) is 5.41 Å². The summed E-state index contributed by atoms with van der Waals surface area (Å²) in [6.07, 6.45) is 0. The fourth-order valence-corrected chi connectivity index (χ4v) is 2.38. The Bertz CT molecular complexity index is 788. The summed E-state index contributed by atoms with van der Waals surface area (Å²) in [6, 6.07) is 5.72. The summed E-state index contributed by atoms with van der Waals surface area (Å²) >= 11 is 6.09. The van der Waals surface area contributed by atoms with Crippen LogP contribution in [0.25, 0.3) is 5.69 Å². The standard InChI is InChI=1S/C15H15ClFN5O/c1-15(2,3)13-12(14(23)19-7-6-18)20-21-22(13)11-5-4-9(17)8-10(11)16/h4-5,8H,7H2,1-3H3,(H,19,23). The van der Waals surface area contributed by atoms with Crippen molar-refractivity contribution in [1.82, 2.24) is 20.3 Å². The highest BCUT2D eigenvalue weighted by Gasteiger charge is 2.30. The number of benzene rings is 1. The number of hydrogen-bond acceptors (Lipinski definition) is 4. The normalized spacial score (nSPS) is 11.1. The minimum absolute atomic E-state index is 0.105. The Morgan fingerprint density at radius 1 is 1.48 bits per heavy atom. The number of nitrogens with one attached hydrogen (secondary N) is 1. The molecule has 0 spiro atoms. The molecule has 1 amide bonds. The van der Waals surface area contributed by atoms with E-state index in [1.165, 1.54) is 22.9 Å².